The summed E-state index contributed by atoms with van der Waals surface area (Å²) in [5.41, 5.74) is 3.08. The monoisotopic (exact) mass is 300 g/mol. The van der Waals surface area contributed by atoms with Crippen LogP contribution in [-0.2, 0) is 12.0 Å². The van der Waals surface area contributed by atoms with Crippen molar-refractivity contribution < 1.29 is 14.7 Å². The van der Waals surface area contributed by atoms with Gasteiger partial charge < -0.3 is 19.6 Å². The Hall–Kier alpha value is -2.01. The predicted molar refractivity (Wildman–Crippen MR) is 83.0 cm³/mol. The Morgan fingerprint density at radius 2 is 2.32 bits per heavy atom. The molecule has 0 bridgehead atoms. The number of ether oxygens (including phenoxy) is 2. The van der Waals surface area contributed by atoms with Crippen LogP contribution in [0.15, 0.2) is 29.4 Å². The fourth-order valence-corrected chi connectivity index (χ4v) is 4.04. The minimum Gasteiger partial charge on any atom is -0.493 e. The molecule has 0 amide bonds. The van der Waals surface area contributed by atoms with Gasteiger partial charge in [0.2, 0.25) is 0 Å². The number of oxime groups is 1. The van der Waals surface area contributed by atoms with E-state index in [9.17, 15) is 0 Å². The van der Waals surface area contributed by atoms with E-state index in [4.69, 9.17) is 14.7 Å². The van der Waals surface area contributed by atoms with Crippen LogP contribution in [0.25, 0.3) is 0 Å². The third-order valence-corrected chi connectivity index (χ3v) is 5.17. The van der Waals surface area contributed by atoms with Gasteiger partial charge in [-0.1, -0.05) is 17.3 Å². The summed E-state index contributed by atoms with van der Waals surface area (Å²) in [7, 11) is 3.83. The standard InChI is InChI=1S/C17H20N2O3/c1-19-8-7-17-6-5-12(18-20)9-14(17)22-16-13(21-2)4-3-11(10-19)15(16)17/h3-6,14,20H,7-10H2,1-2H3/b18-12+. The van der Waals surface area contributed by atoms with Gasteiger partial charge in [0.15, 0.2) is 11.5 Å². The van der Waals surface area contributed by atoms with Crippen LogP contribution >= 0.6 is 0 Å². The molecule has 3 aliphatic rings. The van der Waals surface area contributed by atoms with E-state index in [1.807, 2.05) is 12.1 Å². The molecule has 2 heterocycles. The number of rotatable bonds is 1. The second-order valence-electron chi connectivity index (χ2n) is 6.39. The van der Waals surface area contributed by atoms with Crippen LogP contribution in [0, 0.1) is 0 Å². The summed E-state index contributed by atoms with van der Waals surface area (Å²) in [6, 6.07) is 4.14. The molecule has 1 aromatic rings. The Labute approximate surface area is 129 Å². The number of nitrogens with zero attached hydrogens (tertiary/aromatic N) is 2. The third-order valence-electron chi connectivity index (χ3n) is 5.17. The fourth-order valence-electron chi connectivity index (χ4n) is 4.04. The molecule has 1 N–H and O–H groups in total. The van der Waals surface area contributed by atoms with Gasteiger partial charge in [-0.15, -0.1) is 0 Å². The van der Waals surface area contributed by atoms with E-state index in [0.29, 0.717) is 12.1 Å². The van der Waals surface area contributed by atoms with Crippen LogP contribution in [0.4, 0.5) is 0 Å². The van der Waals surface area contributed by atoms with Crippen LogP contribution in [0.2, 0.25) is 0 Å². The van der Waals surface area contributed by atoms with Crippen molar-refractivity contribution in [1.82, 2.24) is 4.90 Å². The van der Waals surface area contributed by atoms with Crippen LogP contribution in [0.5, 0.6) is 11.5 Å². The normalized spacial score (nSPS) is 31.4. The lowest BCUT2D eigenvalue weighted by atomic mass is 9.69. The van der Waals surface area contributed by atoms with Crippen LogP contribution < -0.4 is 9.47 Å². The summed E-state index contributed by atoms with van der Waals surface area (Å²) in [5, 5.41) is 12.5. The summed E-state index contributed by atoms with van der Waals surface area (Å²) in [6.45, 7) is 1.92. The minimum atomic E-state index is -0.141. The molecule has 0 radical (unpaired) electrons. The summed E-state index contributed by atoms with van der Waals surface area (Å²) in [4.78, 5) is 2.34. The quantitative estimate of drug-likeness (QED) is 0.639. The molecule has 2 atom stereocenters. The minimum absolute atomic E-state index is 0.0278. The second-order valence-corrected chi connectivity index (χ2v) is 6.39. The maximum absolute atomic E-state index is 9.10. The SMILES string of the molecule is COc1ccc2c3c1OC1C/C(=N/O)C=CC31CCN(C)C2. The van der Waals surface area contributed by atoms with Gasteiger partial charge >= 0.3 is 0 Å². The van der Waals surface area contributed by atoms with E-state index in [1.54, 1.807) is 7.11 Å². The summed E-state index contributed by atoms with van der Waals surface area (Å²) >= 11 is 0. The topological polar surface area (TPSA) is 54.3 Å². The van der Waals surface area contributed by atoms with E-state index < -0.39 is 0 Å². The van der Waals surface area contributed by atoms with Gasteiger partial charge in [0.05, 0.1) is 18.2 Å². The van der Waals surface area contributed by atoms with E-state index in [2.05, 4.69) is 29.2 Å². The molecule has 2 unspecified atom stereocenters. The maximum atomic E-state index is 9.10. The lowest BCUT2D eigenvalue weighted by Gasteiger charge is -2.34. The summed E-state index contributed by atoms with van der Waals surface area (Å²) in [5.74, 6) is 1.65. The number of hydrogen-bond acceptors (Lipinski definition) is 5. The lowest BCUT2D eigenvalue weighted by molar-refractivity contribution is 0.156. The van der Waals surface area contributed by atoms with Gasteiger partial charge in [0, 0.05) is 18.5 Å². The van der Waals surface area contributed by atoms with Crippen molar-refractivity contribution in [2.24, 2.45) is 5.16 Å². The zero-order valence-electron chi connectivity index (χ0n) is 12.9. The van der Waals surface area contributed by atoms with Crippen molar-refractivity contribution in [3.63, 3.8) is 0 Å². The highest BCUT2D eigenvalue weighted by Crippen LogP contribution is 2.55. The van der Waals surface area contributed by atoms with Crippen LogP contribution in [-0.4, -0.2) is 42.6 Å². The van der Waals surface area contributed by atoms with Gasteiger partial charge in [-0.05, 0) is 37.7 Å². The zero-order valence-corrected chi connectivity index (χ0v) is 12.9. The number of benzene rings is 1. The highest BCUT2D eigenvalue weighted by atomic mass is 16.5. The third kappa shape index (κ3) is 1.72. The van der Waals surface area contributed by atoms with Crippen molar-refractivity contribution in [3.8, 4) is 11.5 Å². The van der Waals surface area contributed by atoms with Crippen LogP contribution in [0.3, 0.4) is 0 Å². The van der Waals surface area contributed by atoms with Gasteiger partial charge in [-0.3, -0.25) is 0 Å². The number of hydrogen-bond donors (Lipinski definition) is 1. The zero-order chi connectivity index (χ0) is 15.3. The Morgan fingerprint density at radius 1 is 1.45 bits per heavy atom. The molecule has 0 aromatic heterocycles. The molecule has 1 aliphatic carbocycles. The molecule has 4 rings (SSSR count). The van der Waals surface area contributed by atoms with Crippen molar-refractivity contribution in [2.75, 3.05) is 20.7 Å². The largest absolute Gasteiger partial charge is 0.493 e. The molecule has 2 aliphatic heterocycles. The molecule has 1 aromatic carbocycles. The van der Waals surface area contributed by atoms with Gasteiger partial charge in [0.1, 0.15) is 6.10 Å². The first-order valence-electron chi connectivity index (χ1n) is 7.63. The van der Waals surface area contributed by atoms with Gasteiger partial charge in [-0.25, -0.2) is 0 Å². The smallest absolute Gasteiger partial charge is 0.166 e. The molecule has 22 heavy (non-hydrogen) atoms. The van der Waals surface area contributed by atoms with Crippen molar-refractivity contribution >= 4 is 5.71 Å². The first-order valence-corrected chi connectivity index (χ1v) is 7.63. The molecule has 0 saturated carbocycles. The Morgan fingerprint density at radius 3 is 3.09 bits per heavy atom. The van der Waals surface area contributed by atoms with Crippen molar-refractivity contribution in [1.29, 1.82) is 0 Å². The first kappa shape index (κ1) is 13.6. The van der Waals surface area contributed by atoms with E-state index in [0.717, 1.165) is 31.0 Å². The average molecular weight is 300 g/mol. The molecule has 5 nitrogen and oxygen atoms in total. The number of methoxy groups -OCH3 is 1. The van der Waals surface area contributed by atoms with E-state index in [-0.39, 0.29) is 11.5 Å². The molecular weight excluding hydrogens is 280 g/mol. The molecule has 0 saturated heterocycles. The highest BCUT2D eigenvalue weighted by Gasteiger charge is 2.52. The van der Waals surface area contributed by atoms with Crippen LogP contribution in [0.1, 0.15) is 24.0 Å². The van der Waals surface area contributed by atoms with E-state index in [1.165, 1.54) is 11.1 Å². The summed E-state index contributed by atoms with van der Waals surface area (Å²) in [6.07, 6.45) is 5.69. The molecular formula is C17H20N2O3. The fraction of sp³-hybridized carbons (Fsp3) is 0.471. The first-order chi connectivity index (χ1) is 10.7. The van der Waals surface area contributed by atoms with Crippen molar-refractivity contribution in [3.05, 3.63) is 35.4 Å². The van der Waals surface area contributed by atoms with Gasteiger partial charge in [0.25, 0.3) is 0 Å². The molecule has 116 valence electrons. The molecule has 0 fully saturated rings. The van der Waals surface area contributed by atoms with E-state index >= 15 is 0 Å². The van der Waals surface area contributed by atoms with Gasteiger partial charge in [-0.2, -0.15) is 0 Å². The average Bonchev–Trinajstić information content (AvgIpc) is 2.80. The predicted octanol–water partition coefficient (Wildman–Crippen LogP) is 2.32. The molecule has 1 spiro atoms. The van der Waals surface area contributed by atoms with Crippen molar-refractivity contribution in [2.45, 2.75) is 30.9 Å². The highest BCUT2D eigenvalue weighted by molar-refractivity contribution is 5.96. The second kappa shape index (κ2) is 4.74. The summed E-state index contributed by atoms with van der Waals surface area (Å²) < 4.78 is 11.8. The Kier molecular flexibility index (Phi) is 2.94. The Balaban J connectivity index is 1.95. The Bertz CT molecular complexity index is 683. The maximum Gasteiger partial charge on any atom is 0.166 e. The number of allylic oxidation sites excluding steroid dienone is 1. The lowest BCUT2D eigenvalue weighted by Crippen LogP contribution is -2.41. The molecule has 5 heteroatoms.